The molecule has 2 rings (SSSR count). The third kappa shape index (κ3) is 3.71. The molecule has 20 heavy (non-hydrogen) atoms. The van der Waals surface area contributed by atoms with Crippen LogP contribution in [0.2, 0.25) is 0 Å². The number of piperidine rings is 1. The summed E-state index contributed by atoms with van der Waals surface area (Å²) < 4.78 is 24.4. The van der Waals surface area contributed by atoms with E-state index in [4.69, 9.17) is 0 Å². The van der Waals surface area contributed by atoms with E-state index in [-0.39, 0.29) is 11.8 Å². The van der Waals surface area contributed by atoms with Crippen molar-refractivity contribution in [3.63, 3.8) is 0 Å². The number of likely N-dealkylation sites (N-methyl/N-ethyl adjacent to an activating group) is 1. The second-order valence-corrected chi connectivity index (χ2v) is 7.85. The van der Waals surface area contributed by atoms with Gasteiger partial charge in [-0.15, -0.1) is 0 Å². The zero-order valence-corrected chi connectivity index (χ0v) is 13.3. The maximum Gasteiger partial charge on any atom is 0.226 e. The van der Waals surface area contributed by atoms with E-state index in [0.29, 0.717) is 25.9 Å². The van der Waals surface area contributed by atoms with Gasteiger partial charge in [0.15, 0.2) is 0 Å². The van der Waals surface area contributed by atoms with Crippen LogP contribution in [0.1, 0.15) is 19.8 Å². The lowest BCUT2D eigenvalue weighted by molar-refractivity contribution is -0.902. The highest BCUT2D eigenvalue weighted by Gasteiger charge is 2.33. The lowest BCUT2D eigenvalue weighted by atomic mass is 9.96. The second kappa shape index (κ2) is 6.41. The smallest absolute Gasteiger partial charge is 0.226 e. The first kappa shape index (κ1) is 15.7. The summed E-state index contributed by atoms with van der Waals surface area (Å²) in [5.74, 6) is 0.240. The molecule has 0 spiro atoms. The van der Waals surface area contributed by atoms with Gasteiger partial charge in [-0.1, -0.05) is 0 Å². The van der Waals surface area contributed by atoms with Gasteiger partial charge in [0, 0.05) is 19.0 Å². The van der Waals surface area contributed by atoms with Gasteiger partial charge in [0.25, 0.3) is 0 Å². The summed E-state index contributed by atoms with van der Waals surface area (Å²) >= 11 is 0. The first-order valence-corrected chi connectivity index (χ1v) is 9.34. The normalized spacial score (nSPS) is 24.0. The van der Waals surface area contributed by atoms with Gasteiger partial charge in [0.05, 0.1) is 39.0 Å². The average molecular weight is 304 g/mol. The summed E-state index contributed by atoms with van der Waals surface area (Å²) in [6.07, 6.45) is 2.56. The van der Waals surface area contributed by atoms with Gasteiger partial charge in [0.2, 0.25) is 15.9 Å². The molecule has 0 radical (unpaired) electrons. The summed E-state index contributed by atoms with van der Waals surface area (Å²) in [4.78, 5) is 16.0. The van der Waals surface area contributed by atoms with E-state index in [0.717, 1.165) is 32.7 Å². The summed E-state index contributed by atoms with van der Waals surface area (Å²) in [5, 5.41) is 0. The molecule has 0 aromatic carbocycles. The lowest BCUT2D eigenvalue weighted by Crippen LogP contribution is -3.14. The highest BCUT2D eigenvalue weighted by molar-refractivity contribution is 7.88. The van der Waals surface area contributed by atoms with Crippen LogP contribution < -0.4 is 4.90 Å². The van der Waals surface area contributed by atoms with Crippen molar-refractivity contribution >= 4 is 15.9 Å². The number of carbonyl (C=O) groups is 1. The Morgan fingerprint density at radius 1 is 1.15 bits per heavy atom. The van der Waals surface area contributed by atoms with E-state index in [9.17, 15) is 13.2 Å². The highest BCUT2D eigenvalue weighted by atomic mass is 32.2. The lowest BCUT2D eigenvalue weighted by Gasteiger charge is -2.36. The van der Waals surface area contributed by atoms with Gasteiger partial charge in [-0.3, -0.25) is 4.79 Å². The average Bonchev–Trinajstić information content (AvgIpc) is 2.46. The molecule has 0 atom stereocenters. The predicted molar refractivity (Wildman–Crippen MR) is 77.0 cm³/mol. The molecule has 0 unspecified atom stereocenters. The van der Waals surface area contributed by atoms with Crippen LogP contribution in [-0.2, 0) is 14.8 Å². The number of amides is 1. The van der Waals surface area contributed by atoms with Crippen molar-refractivity contribution in [2.45, 2.75) is 19.8 Å². The molecule has 1 N–H and O–H groups in total. The van der Waals surface area contributed by atoms with Crippen LogP contribution in [-0.4, -0.2) is 75.6 Å². The van der Waals surface area contributed by atoms with E-state index in [2.05, 4.69) is 6.92 Å². The van der Waals surface area contributed by atoms with E-state index in [1.54, 1.807) is 4.90 Å². The molecule has 0 aliphatic carbocycles. The summed E-state index contributed by atoms with van der Waals surface area (Å²) in [7, 11) is -3.11. The number of piperazine rings is 1. The van der Waals surface area contributed by atoms with Gasteiger partial charge in [0.1, 0.15) is 0 Å². The monoisotopic (exact) mass is 304 g/mol. The Balaban J connectivity index is 1.83. The first-order chi connectivity index (χ1) is 9.41. The maximum absolute atomic E-state index is 12.5. The number of hydrogen-bond acceptors (Lipinski definition) is 3. The third-order valence-corrected chi connectivity index (χ3v) is 5.86. The molecular formula is C13H26N3O3S+. The number of hydrogen-bond donors (Lipinski definition) is 1. The largest absolute Gasteiger partial charge is 0.332 e. The predicted octanol–water partition coefficient (Wildman–Crippen LogP) is -1.59. The quantitative estimate of drug-likeness (QED) is 0.683. The first-order valence-electron chi connectivity index (χ1n) is 7.49. The number of quaternary nitrogens is 1. The van der Waals surface area contributed by atoms with Gasteiger partial charge >= 0.3 is 0 Å². The van der Waals surface area contributed by atoms with Crippen molar-refractivity contribution in [2.75, 3.05) is 52.1 Å². The van der Waals surface area contributed by atoms with Crippen molar-refractivity contribution in [3.8, 4) is 0 Å². The standard InChI is InChI=1S/C13H25N3O3S/c1-3-14-8-10-15(11-9-14)13(17)12-4-6-16(7-5-12)20(2,18)19/h12H,3-11H2,1-2H3/p+1. The zero-order chi connectivity index (χ0) is 14.8. The molecule has 2 heterocycles. The summed E-state index contributed by atoms with van der Waals surface area (Å²) in [6, 6.07) is 0. The van der Waals surface area contributed by atoms with Crippen LogP contribution in [0.25, 0.3) is 0 Å². The van der Waals surface area contributed by atoms with Gasteiger partial charge in [-0.05, 0) is 19.8 Å². The molecule has 2 aliphatic rings. The molecule has 2 saturated heterocycles. The Morgan fingerprint density at radius 3 is 2.15 bits per heavy atom. The molecular weight excluding hydrogens is 278 g/mol. The molecule has 7 heteroatoms. The van der Waals surface area contributed by atoms with Crippen LogP contribution in [0.4, 0.5) is 0 Å². The minimum absolute atomic E-state index is 0.0103. The fourth-order valence-corrected chi connectivity index (χ4v) is 3.96. The molecule has 2 fully saturated rings. The number of sulfonamides is 1. The number of nitrogens with one attached hydrogen (secondary N) is 1. The molecule has 6 nitrogen and oxygen atoms in total. The molecule has 2 aliphatic heterocycles. The SMILES string of the molecule is CC[NH+]1CCN(C(=O)C2CCN(S(C)(=O)=O)CC2)CC1. The van der Waals surface area contributed by atoms with Crippen molar-refractivity contribution in [1.82, 2.24) is 9.21 Å². The minimum atomic E-state index is -3.11. The van der Waals surface area contributed by atoms with Gasteiger partial charge < -0.3 is 9.80 Å². The van der Waals surface area contributed by atoms with Crippen molar-refractivity contribution in [2.24, 2.45) is 5.92 Å². The van der Waals surface area contributed by atoms with Crippen LogP contribution in [0, 0.1) is 5.92 Å². The number of carbonyl (C=O) groups excluding carboxylic acids is 1. The Hall–Kier alpha value is -0.660. The fourth-order valence-electron chi connectivity index (χ4n) is 3.09. The number of rotatable bonds is 3. The van der Waals surface area contributed by atoms with Gasteiger partial charge in [-0.25, -0.2) is 12.7 Å². The zero-order valence-electron chi connectivity index (χ0n) is 12.5. The van der Waals surface area contributed by atoms with E-state index >= 15 is 0 Å². The van der Waals surface area contributed by atoms with Crippen LogP contribution in [0.5, 0.6) is 0 Å². The van der Waals surface area contributed by atoms with E-state index in [1.807, 2.05) is 4.90 Å². The Kier molecular flexibility index (Phi) is 5.04. The maximum atomic E-state index is 12.5. The molecule has 116 valence electrons. The Labute approximate surface area is 121 Å². The second-order valence-electron chi connectivity index (χ2n) is 5.87. The highest BCUT2D eigenvalue weighted by Crippen LogP contribution is 2.21. The molecule has 0 aromatic rings. The minimum Gasteiger partial charge on any atom is -0.332 e. The van der Waals surface area contributed by atoms with Crippen LogP contribution >= 0.6 is 0 Å². The van der Waals surface area contributed by atoms with Crippen LogP contribution in [0.3, 0.4) is 0 Å². The summed E-state index contributed by atoms with van der Waals surface area (Å²) in [5.41, 5.74) is 0. The molecule has 0 aromatic heterocycles. The van der Waals surface area contributed by atoms with E-state index in [1.165, 1.54) is 10.6 Å². The van der Waals surface area contributed by atoms with E-state index < -0.39 is 10.0 Å². The van der Waals surface area contributed by atoms with Crippen LogP contribution in [0.15, 0.2) is 0 Å². The molecule has 0 bridgehead atoms. The van der Waals surface area contributed by atoms with Crippen molar-refractivity contribution in [3.05, 3.63) is 0 Å². The fraction of sp³-hybridized carbons (Fsp3) is 0.923. The Morgan fingerprint density at radius 2 is 1.70 bits per heavy atom. The molecule has 1 amide bonds. The van der Waals surface area contributed by atoms with Gasteiger partial charge in [-0.2, -0.15) is 0 Å². The van der Waals surface area contributed by atoms with Crippen molar-refractivity contribution in [1.29, 1.82) is 0 Å². The summed E-state index contributed by atoms with van der Waals surface area (Å²) in [6.45, 7) is 8.00. The van der Waals surface area contributed by atoms with Crippen molar-refractivity contribution < 1.29 is 18.1 Å². The Bertz CT molecular complexity index is 436. The molecule has 0 saturated carbocycles. The third-order valence-electron chi connectivity index (χ3n) is 4.55. The topological polar surface area (TPSA) is 62.1 Å². The number of nitrogens with zero attached hydrogens (tertiary/aromatic N) is 2.